The molecule has 8 heteroatoms. The summed E-state index contributed by atoms with van der Waals surface area (Å²) < 4.78 is 24.4. The minimum Gasteiger partial charge on any atom is -0.464 e. The Morgan fingerprint density at radius 3 is 2.79 bits per heavy atom. The summed E-state index contributed by atoms with van der Waals surface area (Å²) in [5.74, 6) is -3.30. The van der Waals surface area contributed by atoms with Crippen molar-refractivity contribution in [2.45, 2.75) is 100 Å². The van der Waals surface area contributed by atoms with Crippen LogP contribution in [0.4, 0.5) is 0 Å². The fourth-order valence-corrected chi connectivity index (χ4v) is 7.28. The Morgan fingerprint density at radius 1 is 1.32 bits per heavy atom. The van der Waals surface area contributed by atoms with Gasteiger partial charge in [0.2, 0.25) is 0 Å². The Morgan fingerprint density at radius 2 is 2.09 bits per heavy atom. The zero-order valence-electron chi connectivity index (χ0n) is 20.1. The van der Waals surface area contributed by atoms with Crippen LogP contribution in [0.3, 0.4) is 0 Å². The molecule has 3 saturated heterocycles. The summed E-state index contributed by atoms with van der Waals surface area (Å²) in [6.45, 7) is 7.56. The van der Waals surface area contributed by atoms with Crippen molar-refractivity contribution in [2.24, 2.45) is 17.8 Å². The van der Waals surface area contributed by atoms with E-state index >= 15 is 0 Å². The number of hydrogen-bond acceptors (Lipinski definition) is 8. The molecule has 8 nitrogen and oxygen atoms in total. The summed E-state index contributed by atoms with van der Waals surface area (Å²) in [7, 11) is 0. The minimum atomic E-state index is -1.16. The van der Waals surface area contributed by atoms with Crippen LogP contribution in [0.1, 0.15) is 53.4 Å². The number of rotatable bonds is 5. The number of epoxide rings is 2. The molecule has 1 saturated carbocycles. The lowest BCUT2D eigenvalue weighted by Gasteiger charge is -2.46. The van der Waals surface area contributed by atoms with E-state index in [-0.39, 0.29) is 5.92 Å². The topological polar surface area (TPSA) is 121 Å². The van der Waals surface area contributed by atoms with Gasteiger partial charge in [-0.25, -0.2) is 0 Å². The molecule has 4 aliphatic heterocycles. The first-order valence-corrected chi connectivity index (χ1v) is 12.4. The maximum absolute atomic E-state index is 13.1. The number of unbranched alkanes of at least 4 members (excludes halogenated alkanes) is 1. The molecule has 6 aliphatic rings. The first-order valence-electron chi connectivity index (χ1n) is 12.4. The molecular weight excluding hydrogens is 440 g/mol. The smallest absolute Gasteiger partial charge is 0.313 e. The zero-order valence-corrected chi connectivity index (χ0v) is 20.1. The summed E-state index contributed by atoms with van der Waals surface area (Å²) in [5, 5.41) is 33.2. The van der Waals surface area contributed by atoms with Gasteiger partial charge in [-0.2, -0.15) is 0 Å². The quantitative estimate of drug-likeness (QED) is 0.314. The molecule has 0 spiro atoms. The predicted octanol–water partition coefficient (Wildman–Crippen LogP) is 1.88. The summed E-state index contributed by atoms with van der Waals surface area (Å²) >= 11 is 0. The molecule has 34 heavy (non-hydrogen) atoms. The molecule has 11 unspecified atom stereocenters. The Bertz CT molecular complexity index is 1020. The van der Waals surface area contributed by atoms with Gasteiger partial charge in [-0.05, 0) is 51.2 Å². The molecule has 11 atom stereocenters. The number of aliphatic hydroxyl groups excluding tert-OH is 3. The number of ether oxygens (including phenoxy) is 4. The van der Waals surface area contributed by atoms with E-state index in [2.05, 4.69) is 6.92 Å². The van der Waals surface area contributed by atoms with Crippen molar-refractivity contribution < 1.29 is 39.1 Å². The maximum atomic E-state index is 13.1. The van der Waals surface area contributed by atoms with Gasteiger partial charge >= 0.3 is 5.97 Å². The van der Waals surface area contributed by atoms with Gasteiger partial charge in [-0.15, -0.1) is 0 Å². The van der Waals surface area contributed by atoms with Crippen LogP contribution in [-0.4, -0.2) is 68.3 Å². The highest BCUT2D eigenvalue weighted by atomic mass is 16.8. The van der Waals surface area contributed by atoms with Gasteiger partial charge in [0.05, 0.1) is 24.4 Å². The molecule has 2 aliphatic carbocycles. The number of fused-ring (bicyclic) bond motifs is 7. The second-order valence-electron chi connectivity index (χ2n) is 11.2. The lowest BCUT2D eigenvalue weighted by Crippen LogP contribution is -2.58. The average molecular weight is 475 g/mol. The second-order valence-corrected chi connectivity index (χ2v) is 11.2. The van der Waals surface area contributed by atoms with Crippen LogP contribution in [0.25, 0.3) is 0 Å². The van der Waals surface area contributed by atoms with Gasteiger partial charge in [0.1, 0.15) is 23.4 Å². The molecular formula is C26H34O8. The molecule has 4 heterocycles. The first kappa shape index (κ1) is 22.7. The fourth-order valence-electron chi connectivity index (χ4n) is 7.28. The van der Waals surface area contributed by atoms with Gasteiger partial charge in [-0.1, -0.05) is 31.6 Å². The van der Waals surface area contributed by atoms with Gasteiger partial charge in [0.15, 0.2) is 5.60 Å². The number of hydrogen-bond donors (Lipinski definition) is 3. The van der Waals surface area contributed by atoms with Gasteiger partial charge in [-0.3, -0.25) is 4.79 Å². The molecule has 186 valence electrons. The highest BCUT2D eigenvalue weighted by molar-refractivity contribution is 5.78. The largest absolute Gasteiger partial charge is 0.464 e. The normalized spacial score (nSPS) is 53.4. The van der Waals surface area contributed by atoms with Crippen molar-refractivity contribution in [1.29, 1.82) is 0 Å². The summed E-state index contributed by atoms with van der Waals surface area (Å²) in [4.78, 5) is 13.1. The van der Waals surface area contributed by atoms with E-state index in [4.69, 9.17) is 18.9 Å². The summed E-state index contributed by atoms with van der Waals surface area (Å²) in [6, 6.07) is 0. The van der Waals surface area contributed by atoms with Crippen molar-refractivity contribution >= 4 is 5.97 Å². The molecule has 3 N–H and O–H groups in total. The molecule has 0 aromatic heterocycles. The highest BCUT2D eigenvalue weighted by Crippen LogP contribution is 2.72. The van der Waals surface area contributed by atoms with Crippen LogP contribution < -0.4 is 0 Å². The number of aliphatic hydroxyl groups is 3. The number of carbonyl (C=O) groups is 1. The van der Waals surface area contributed by atoms with Crippen molar-refractivity contribution in [3.8, 4) is 0 Å². The van der Waals surface area contributed by atoms with Gasteiger partial charge in [0, 0.05) is 11.8 Å². The van der Waals surface area contributed by atoms with Crippen LogP contribution in [-0.2, 0) is 23.7 Å². The third-order valence-corrected chi connectivity index (χ3v) is 9.30. The molecule has 0 aromatic rings. The molecule has 0 aromatic carbocycles. The minimum absolute atomic E-state index is 0.244. The van der Waals surface area contributed by atoms with Gasteiger partial charge < -0.3 is 34.3 Å². The first-order chi connectivity index (χ1) is 16.1. The SMILES string of the molecule is CCC/C=C(\C)C(O)C1C(=O)OC2(C)C(O)CC3C(=COC4(C56OC5(C)CC=CC6O)OC34)C12. The van der Waals surface area contributed by atoms with Crippen LogP contribution in [0, 0.1) is 17.8 Å². The van der Waals surface area contributed by atoms with E-state index in [9.17, 15) is 20.1 Å². The van der Waals surface area contributed by atoms with E-state index in [1.54, 1.807) is 19.3 Å². The van der Waals surface area contributed by atoms with Crippen molar-refractivity contribution in [2.75, 3.05) is 0 Å². The summed E-state index contributed by atoms with van der Waals surface area (Å²) in [5.41, 5.74) is -1.23. The Hall–Kier alpha value is -1.71. The average Bonchev–Trinajstić information content (AvgIpc) is 3.66. The van der Waals surface area contributed by atoms with E-state index in [0.717, 1.165) is 24.0 Å². The fraction of sp³-hybridized carbons (Fsp3) is 0.731. The molecule has 0 amide bonds. The van der Waals surface area contributed by atoms with Gasteiger partial charge in [0.25, 0.3) is 5.79 Å². The molecule has 4 fully saturated rings. The van der Waals surface area contributed by atoms with Crippen LogP contribution in [0.15, 0.2) is 35.6 Å². The van der Waals surface area contributed by atoms with Crippen molar-refractivity contribution in [1.82, 2.24) is 0 Å². The van der Waals surface area contributed by atoms with Crippen molar-refractivity contribution in [3.63, 3.8) is 0 Å². The number of carbonyl (C=O) groups excluding carboxylic acids is 1. The number of esters is 1. The Labute approximate surface area is 199 Å². The third kappa shape index (κ3) is 2.53. The van der Waals surface area contributed by atoms with Crippen LogP contribution >= 0.6 is 0 Å². The molecule has 0 radical (unpaired) electrons. The number of allylic oxidation sites excluding steroid dienone is 1. The zero-order chi connectivity index (χ0) is 24.3. The van der Waals surface area contributed by atoms with E-state index in [0.29, 0.717) is 12.8 Å². The van der Waals surface area contributed by atoms with Crippen LogP contribution in [0.5, 0.6) is 0 Å². The van der Waals surface area contributed by atoms with E-state index in [1.807, 2.05) is 26.0 Å². The second kappa shape index (κ2) is 6.95. The Balaban J connectivity index is 1.37. The Kier molecular flexibility index (Phi) is 4.64. The highest BCUT2D eigenvalue weighted by Gasteiger charge is 2.92. The van der Waals surface area contributed by atoms with Crippen molar-refractivity contribution in [3.05, 3.63) is 35.6 Å². The van der Waals surface area contributed by atoms with E-state index < -0.39 is 64.8 Å². The lowest BCUT2D eigenvalue weighted by atomic mass is 9.60. The lowest BCUT2D eigenvalue weighted by molar-refractivity contribution is -0.163. The maximum Gasteiger partial charge on any atom is 0.313 e. The predicted molar refractivity (Wildman–Crippen MR) is 119 cm³/mol. The third-order valence-electron chi connectivity index (χ3n) is 9.30. The van der Waals surface area contributed by atoms with E-state index in [1.165, 1.54) is 0 Å². The molecule has 0 bridgehead atoms. The van der Waals surface area contributed by atoms with Crippen LogP contribution in [0.2, 0.25) is 0 Å². The standard InChI is InChI=1S/C26H34O8/c1-5-6-8-13(2)20(29)18-19-15-12-31-26(25-16(27)9-7-10-23(25,3)34-25)21(32-26)14(15)11-17(28)24(19,4)33-22(18)30/h7-9,12,14,16-21,27-29H,5-6,10-11H2,1-4H3/b13-8+. The summed E-state index contributed by atoms with van der Waals surface area (Å²) in [6.07, 6.45) is 6.66. The monoisotopic (exact) mass is 474 g/mol. The molecule has 6 rings (SSSR count).